The zero-order valence-corrected chi connectivity index (χ0v) is 19.1. The number of hydrogen-bond donors (Lipinski definition) is 2. The number of carbonyl (C=O) groups is 1. The number of ether oxygens (including phenoxy) is 1. The Morgan fingerprint density at radius 3 is 2.19 bits per heavy atom. The quantitative estimate of drug-likeness (QED) is 0.193. The van der Waals surface area contributed by atoms with E-state index in [0.717, 1.165) is 58.2 Å². The molecule has 4 aromatic carbocycles. The smallest absolute Gasteiger partial charge is 0.314 e. The van der Waals surface area contributed by atoms with Crippen LogP contribution < -0.4 is 10.6 Å². The lowest BCUT2D eigenvalue weighted by molar-refractivity contribution is 0.117. The topological polar surface area (TPSA) is 50.4 Å². The molecule has 0 unspecified atom stereocenters. The van der Waals surface area contributed by atoms with Gasteiger partial charge in [0.15, 0.2) is 0 Å². The molecule has 0 radical (unpaired) electrons. The van der Waals surface area contributed by atoms with E-state index in [2.05, 4.69) is 72.2 Å². The van der Waals surface area contributed by atoms with Crippen molar-refractivity contribution in [3.63, 3.8) is 0 Å². The zero-order chi connectivity index (χ0) is 22.2. The van der Waals surface area contributed by atoms with Gasteiger partial charge in [-0.3, -0.25) is 0 Å². The van der Waals surface area contributed by atoms with Crippen LogP contribution in [0.4, 0.5) is 4.79 Å². The Labute approximate surface area is 190 Å². The van der Waals surface area contributed by atoms with Crippen LogP contribution in [0.2, 0.25) is 0 Å². The molecule has 0 spiro atoms. The van der Waals surface area contributed by atoms with Crippen molar-refractivity contribution in [2.75, 3.05) is 19.7 Å². The van der Waals surface area contributed by atoms with Gasteiger partial charge in [-0.15, -0.1) is 0 Å². The number of unbranched alkanes of at least 4 members (excludes halogenated alkanes) is 4. The average molecular weight is 431 g/mol. The number of amides is 2. The molecule has 0 saturated carbocycles. The summed E-state index contributed by atoms with van der Waals surface area (Å²) >= 11 is 0. The molecule has 4 rings (SSSR count). The van der Waals surface area contributed by atoms with Crippen LogP contribution in [0.15, 0.2) is 54.6 Å². The van der Waals surface area contributed by atoms with Crippen LogP contribution in [0, 0.1) is 0 Å². The third-order valence-corrected chi connectivity index (χ3v) is 6.19. The first-order valence-corrected chi connectivity index (χ1v) is 12.0. The van der Waals surface area contributed by atoms with E-state index in [-0.39, 0.29) is 6.03 Å². The third-order valence-electron chi connectivity index (χ3n) is 6.19. The van der Waals surface area contributed by atoms with Gasteiger partial charge >= 0.3 is 6.03 Å². The van der Waals surface area contributed by atoms with Gasteiger partial charge in [0.05, 0.1) is 6.61 Å². The molecule has 0 aliphatic rings. The molecule has 32 heavy (non-hydrogen) atoms. The highest BCUT2D eigenvalue weighted by Crippen LogP contribution is 2.36. The van der Waals surface area contributed by atoms with Crippen molar-refractivity contribution in [1.29, 1.82) is 0 Å². The van der Waals surface area contributed by atoms with E-state index >= 15 is 0 Å². The minimum Gasteiger partial charge on any atom is -0.377 e. The first-order valence-electron chi connectivity index (χ1n) is 12.0. The van der Waals surface area contributed by atoms with Crippen molar-refractivity contribution >= 4 is 38.3 Å². The van der Waals surface area contributed by atoms with E-state index in [1.165, 1.54) is 37.9 Å². The van der Waals surface area contributed by atoms with Gasteiger partial charge in [0, 0.05) is 19.7 Å². The summed E-state index contributed by atoms with van der Waals surface area (Å²) in [6.45, 7) is 5.03. The Balaban J connectivity index is 1.21. The molecule has 4 aromatic rings. The Hall–Kier alpha value is -2.85. The molecular formula is C28H34N2O2. The Morgan fingerprint density at radius 2 is 1.41 bits per heavy atom. The minimum atomic E-state index is -0.0462. The van der Waals surface area contributed by atoms with Crippen LogP contribution in [-0.4, -0.2) is 25.7 Å². The molecular weight excluding hydrogens is 396 g/mol. The molecule has 0 saturated heterocycles. The second-order valence-corrected chi connectivity index (χ2v) is 8.58. The fourth-order valence-electron chi connectivity index (χ4n) is 4.43. The molecule has 0 fully saturated rings. The summed E-state index contributed by atoms with van der Waals surface area (Å²) in [4.78, 5) is 11.6. The van der Waals surface area contributed by atoms with Crippen LogP contribution in [-0.2, 0) is 11.3 Å². The first kappa shape index (κ1) is 22.3. The largest absolute Gasteiger partial charge is 0.377 e. The molecule has 0 bridgehead atoms. The maximum Gasteiger partial charge on any atom is 0.314 e. The average Bonchev–Trinajstić information content (AvgIpc) is 2.82. The Bertz CT molecular complexity index is 1140. The number of rotatable bonds is 12. The van der Waals surface area contributed by atoms with Gasteiger partial charge in [-0.2, -0.15) is 0 Å². The summed E-state index contributed by atoms with van der Waals surface area (Å²) in [5, 5.41) is 13.7. The number of hydrogen-bond acceptors (Lipinski definition) is 2. The zero-order valence-electron chi connectivity index (χ0n) is 19.1. The van der Waals surface area contributed by atoms with E-state index in [4.69, 9.17) is 4.74 Å². The summed E-state index contributed by atoms with van der Waals surface area (Å²) in [6.07, 6.45) is 6.42. The monoisotopic (exact) mass is 430 g/mol. The second-order valence-electron chi connectivity index (χ2n) is 8.58. The summed E-state index contributed by atoms with van der Waals surface area (Å²) in [5.41, 5.74) is 1.26. The van der Waals surface area contributed by atoms with Crippen LogP contribution in [0.5, 0.6) is 0 Å². The fraction of sp³-hybridized carbons (Fsp3) is 0.393. The number of urea groups is 1. The normalized spacial score (nSPS) is 11.5. The fourth-order valence-corrected chi connectivity index (χ4v) is 4.43. The van der Waals surface area contributed by atoms with Crippen LogP contribution in [0.25, 0.3) is 32.3 Å². The molecule has 2 amide bonds. The van der Waals surface area contributed by atoms with Crippen molar-refractivity contribution in [3.05, 3.63) is 60.2 Å². The molecule has 0 aromatic heterocycles. The SMILES string of the molecule is CCCCNC(=O)NCCCCCCOCc1ccc2ccc3cccc4ccc1c2c34. The van der Waals surface area contributed by atoms with Gasteiger partial charge in [-0.05, 0) is 57.1 Å². The molecule has 168 valence electrons. The summed E-state index contributed by atoms with van der Waals surface area (Å²) in [6, 6.07) is 19.8. The summed E-state index contributed by atoms with van der Waals surface area (Å²) in [7, 11) is 0. The molecule has 0 aliphatic carbocycles. The highest BCUT2D eigenvalue weighted by molar-refractivity contribution is 6.23. The van der Waals surface area contributed by atoms with Gasteiger partial charge in [0.1, 0.15) is 0 Å². The second kappa shape index (κ2) is 11.1. The highest BCUT2D eigenvalue weighted by atomic mass is 16.5. The third kappa shape index (κ3) is 5.31. The van der Waals surface area contributed by atoms with Gasteiger partial charge < -0.3 is 15.4 Å². The van der Waals surface area contributed by atoms with Gasteiger partial charge in [0.25, 0.3) is 0 Å². The van der Waals surface area contributed by atoms with Crippen LogP contribution in [0.1, 0.15) is 51.0 Å². The molecule has 0 heterocycles. The molecule has 0 atom stereocenters. The Morgan fingerprint density at radius 1 is 0.750 bits per heavy atom. The molecule has 2 N–H and O–H groups in total. The van der Waals surface area contributed by atoms with Crippen LogP contribution in [0.3, 0.4) is 0 Å². The molecule has 0 aliphatic heterocycles. The summed E-state index contributed by atoms with van der Waals surface area (Å²) < 4.78 is 6.03. The van der Waals surface area contributed by atoms with Crippen molar-refractivity contribution in [2.24, 2.45) is 0 Å². The van der Waals surface area contributed by atoms with E-state index in [1.807, 2.05) is 0 Å². The summed E-state index contributed by atoms with van der Waals surface area (Å²) in [5.74, 6) is 0. The minimum absolute atomic E-state index is 0.0462. The maximum atomic E-state index is 11.6. The van der Waals surface area contributed by atoms with E-state index in [0.29, 0.717) is 6.61 Å². The van der Waals surface area contributed by atoms with Crippen molar-refractivity contribution in [1.82, 2.24) is 10.6 Å². The van der Waals surface area contributed by atoms with Crippen molar-refractivity contribution in [3.8, 4) is 0 Å². The lowest BCUT2D eigenvalue weighted by Crippen LogP contribution is -2.36. The lowest BCUT2D eigenvalue weighted by atomic mass is 9.92. The predicted octanol–water partition coefficient (Wildman–Crippen LogP) is 6.76. The maximum absolute atomic E-state index is 11.6. The number of benzene rings is 4. The number of nitrogens with one attached hydrogen (secondary N) is 2. The van der Waals surface area contributed by atoms with E-state index in [1.54, 1.807) is 0 Å². The van der Waals surface area contributed by atoms with E-state index in [9.17, 15) is 4.79 Å². The number of carbonyl (C=O) groups excluding carboxylic acids is 1. The predicted molar refractivity (Wildman–Crippen MR) is 135 cm³/mol. The lowest BCUT2D eigenvalue weighted by Gasteiger charge is -2.14. The van der Waals surface area contributed by atoms with E-state index < -0.39 is 0 Å². The Kier molecular flexibility index (Phi) is 7.78. The van der Waals surface area contributed by atoms with Crippen molar-refractivity contribution in [2.45, 2.75) is 52.1 Å². The van der Waals surface area contributed by atoms with Gasteiger partial charge in [-0.25, -0.2) is 4.79 Å². The molecule has 4 nitrogen and oxygen atoms in total. The van der Waals surface area contributed by atoms with Gasteiger partial charge in [0.2, 0.25) is 0 Å². The molecule has 4 heteroatoms. The van der Waals surface area contributed by atoms with Crippen molar-refractivity contribution < 1.29 is 9.53 Å². The highest BCUT2D eigenvalue weighted by Gasteiger charge is 2.10. The van der Waals surface area contributed by atoms with Gasteiger partial charge in [-0.1, -0.05) is 80.8 Å². The van der Waals surface area contributed by atoms with Crippen LogP contribution >= 0.6 is 0 Å². The standard InChI is InChI=1S/C28H34N2O2/c1-2-3-17-29-28(31)30-18-6-4-5-7-19-32-20-24-14-13-23-12-11-21-9-8-10-22-15-16-25(24)27(23)26(21)22/h8-16H,2-7,17-20H2,1H3,(H2,29,30,31). The first-order chi connectivity index (χ1) is 15.8.